The average Bonchev–Trinajstić information content (AvgIpc) is 3.01. The van der Waals surface area contributed by atoms with Gasteiger partial charge in [-0.2, -0.15) is 5.26 Å². The van der Waals surface area contributed by atoms with E-state index in [1.54, 1.807) is 0 Å². The second kappa shape index (κ2) is 6.37. The van der Waals surface area contributed by atoms with Crippen LogP contribution in [0.2, 0.25) is 0 Å². The summed E-state index contributed by atoms with van der Waals surface area (Å²) in [7, 11) is 4.09. The zero-order valence-corrected chi connectivity index (χ0v) is 11.8. The van der Waals surface area contributed by atoms with Crippen LogP contribution in [0.5, 0.6) is 0 Å². The van der Waals surface area contributed by atoms with Crippen LogP contribution >= 0.6 is 0 Å². The molecule has 1 fully saturated rings. The molecule has 1 saturated carbocycles. The van der Waals surface area contributed by atoms with Gasteiger partial charge < -0.3 is 10.2 Å². The number of hydrogen-bond donors (Lipinski definition) is 1. The fourth-order valence-electron chi connectivity index (χ4n) is 2.47. The zero-order chi connectivity index (χ0) is 12.9. The van der Waals surface area contributed by atoms with E-state index in [-0.39, 0.29) is 5.54 Å². The van der Waals surface area contributed by atoms with Crippen molar-refractivity contribution in [3.63, 3.8) is 0 Å². The molecule has 0 saturated heterocycles. The molecule has 1 N–H and O–H groups in total. The maximum absolute atomic E-state index is 9.21. The topological polar surface area (TPSA) is 39.1 Å². The molecule has 0 bridgehead atoms. The predicted molar refractivity (Wildman–Crippen MR) is 71.7 cm³/mol. The monoisotopic (exact) mass is 237 g/mol. The minimum absolute atomic E-state index is 0.312. The van der Waals surface area contributed by atoms with Gasteiger partial charge in [-0.1, -0.05) is 13.8 Å². The summed E-state index contributed by atoms with van der Waals surface area (Å²) in [6.45, 7) is 6.74. The van der Waals surface area contributed by atoms with Gasteiger partial charge in [0.25, 0.3) is 0 Å². The van der Waals surface area contributed by atoms with Gasteiger partial charge in [0.15, 0.2) is 0 Å². The molecule has 0 aromatic carbocycles. The van der Waals surface area contributed by atoms with Gasteiger partial charge in [-0.25, -0.2) is 0 Å². The summed E-state index contributed by atoms with van der Waals surface area (Å²) in [6.07, 6.45) is 4.32. The van der Waals surface area contributed by atoms with E-state index in [0.717, 1.165) is 37.6 Å². The molecular formula is C14H27N3. The highest BCUT2D eigenvalue weighted by atomic mass is 15.1. The molecule has 0 aliphatic heterocycles. The van der Waals surface area contributed by atoms with Crippen LogP contribution in [0.25, 0.3) is 0 Å². The number of nitriles is 1. The van der Waals surface area contributed by atoms with Crippen LogP contribution in [0.4, 0.5) is 0 Å². The summed E-state index contributed by atoms with van der Waals surface area (Å²) < 4.78 is 0. The van der Waals surface area contributed by atoms with Gasteiger partial charge >= 0.3 is 0 Å². The molecule has 3 unspecified atom stereocenters. The molecule has 3 atom stereocenters. The fourth-order valence-corrected chi connectivity index (χ4v) is 2.47. The van der Waals surface area contributed by atoms with Crippen LogP contribution in [0, 0.1) is 23.2 Å². The first-order valence-corrected chi connectivity index (χ1v) is 6.85. The van der Waals surface area contributed by atoms with Crippen LogP contribution < -0.4 is 5.32 Å². The van der Waals surface area contributed by atoms with Crippen LogP contribution in [0.1, 0.15) is 39.5 Å². The first kappa shape index (κ1) is 14.5. The maximum Gasteiger partial charge on any atom is 0.106 e. The first-order chi connectivity index (χ1) is 8.06. The van der Waals surface area contributed by atoms with E-state index in [1.807, 2.05) is 7.05 Å². The Morgan fingerprint density at radius 3 is 2.59 bits per heavy atom. The van der Waals surface area contributed by atoms with Gasteiger partial charge in [0.2, 0.25) is 0 Å². The lowest BCUT2D eigenvalue weighted by molar-refractivity contribution is 0.287. The van der Waals surface area contributed by atoms with Gasteiger partial charge in [-0.05, 0) is 58.2 Å². The van der Waals surface area contributed by atoms with Crippen molar-refractivity contribution >= 4 is 0 Å². The Labute approximate surface area is 106 Å². The summed E-state index contributed by atoms with van der Waals surface area (Å²) >= 11 is 0. The normalized spacial score (nSPS) is 26.6. The Balaban J connectivity index is 2.19. The Hall–Kier alpha value is -0.590. The van der Waals surface area contributed by atoms with E-state index in [1.165, 1.54) is 13.0 Å². The summed E-state index contributed by atoms with van der Waals surface area (Å²) in [5.74, 6) is 1.86. The van der Waals surface area contributed by atoms with Crippen molar-refractivity contribution in [2.75, 3.05) is 27.2 Å². The van der Waals surface area contributed by atoms with Crippen LogP contribution in [-0.4, -0.2) is 37.6 Å². The van der Waals surface area contributed by atoms with Crippen LogP contribution in [-0.2, 0) is 0 Å². The standard InChI is InChI=1S/C14H27N3/c1-5-14(11-15,16-3)7-6-8-17(4)10-13-9-12(13)2/h12-13,16H,5-10H2,1-4H3. The highest BCUT2D eigenvalue weighted by Gasteiger charge is 2.33. The van der Waals surface area contributed by atoms with E-state index in [4.69, 9.17) is 0 Å². The minimum atomic E-state index is -0.312. The molecule has 0 amide bonds. The van der Waals surface area contributed by atoms with Gasteiger partial charge in [0.1, 0.15) is 5.54 Å². The molecule has 1 aliphatic rings. The summed E-state index contributed by atoms with van der Waals surface area (Å²) in [6, 6.07) is 2.42. The van der Waals surface area contributed by atoms with Crippen molar-refractivity contribution in [1.82, 2.24) is 10.2 Å². The number of hydrogen-bond acceptors (Lipinski definition) is 3. The van der Waals surface area contributed by atoms with Crippen molar-refractivity contribution in [3.8, 4) is 6.07 Å². The van der Waals surface area contributed by atoms with Gasteiger partial charge in [-0.15, -0.1) is 0 Å². The van der Waals surface area contributed by atoms with Crippen LogP contribution in [0.15, 0.2) is 0 Å². The summed E-state index contributed by atoms with van der Waals surface area (Å²) in [4.78, 5) is 2.42. The van der Waals surface area contributed by atoms with E-state index in [9.17, 15) is 5.26 Å². The summed E-state index contributed by atoms with van der Waals surface area (Å²) in [5.41, 5.74) is -0.312. The van der Waals surface area contributed by atoms with E-state index in [2.05, 4.69) is 37.2 Å². The van der Waals surface area contributed by atoms with E-state index < -0.39 is 0 Å². The largest absolute Gasteiger partial charge is 0.306 e. The molecule has 0 heterocycles. The van der Waals surface area contributed by atoms with Crippen molar-refractivity contribution in [3.05, 3.63) is 0 Å². The average molecular weight is 237 g/mol. The Morgan fingerprint density at radius 2 is 2.18 bits per heavy atom. The number of nitrogens with one attached hydrogen (secondary N) is 1. The highest BCUT2D eigenvalue weighted by Crippen LogP contribution is 2.37. The van der Waals surface area contributed by atoms with Gasteiger partial charge in [0, 0.05) is 6.54 Å². The molecule has 0 aromatic rings. The van der Waals surface area contributed by atoms with Crippen molar-refractivity contribution in [1.29, 1.82) is 5.26 Å². The van der Waals surface area contributed by atoms with Gasteiger partial charge in [0.05, 0.1) is 6.07 Å². The Morgan fingerprint density at radius 1 is 1.53 bits per heavy atom. The second-order valence-corrected chi connectivity index (χ2v) is 5.64. The van der Waals surface area contributed by atoms with E-state index in [0.29, 0.717) is 0 Å². The Kier molecular flexibility index (Phi) is 5.42. The second-order valence-electron chi connectivity index (χ2n) is 5.64. The molecule has 1 rings (SSSR count). The molecule has 98 valence electrons. The third kappa shape index (κ3) is 4.29. The molecular weight excluding hydrogens is 210 g/mol. The lowest BCUT2D eigenvalue weighted by Gasteiger charge is -2.25. The van der Waals surface area contributed by atoms with Crippen LogP contribution in [0.3, 0.4) is 0 Å². The smallest absolute Gasteiger partial charge is 0.106 e. The molecule has 3 heteroatoms. The Bertz CT molecular complexity index is 265. The van der Waals surface area contributed by atoms with Crippen molar-refractivity contribution < 1.29 is 0 Å². The van der Waals surface area contributed by atoms with Crippen molar-refractivity contribution in [2.24, 2.45) is 11.8 Å². The van der Waals surface area contributed by atoms with E-state index >= 15 is 0 Å². The molecule has 0 spiro atoms. The maximum atomic E-state index is 9.21. The number of nitrogens with zero attached hydrogens (tertiary/aromatic N) is 2. The fraction of sp³-hybridized carbons (Fsp3) is 0.929. The molecule has 0 aromatic heterocycles. The zero-order valence-electron chi connectivity index (χ0n) is 11.8. The molecule has 3 nitrogen and oxygen atoms in total. The third-order valence-electron chi connectivity index (χ3n) is 4.26. The first-order valence-electron chi connectivity index (χ1n) is 6.85. The summed E-state index contributed by atoms with van der Waals surface area (Å²) in [5, 5.41) is 12.4. The molecule has 1 aliphatic carbocycles. The lowest BCUT2D eigenvalue weighted by atomic mass is 9.92. The SMILES string of the molecule is CCC(C#N)(CCCN(C)CC1CC1C)NC. The number of rotatable bonds is 8. The third-order valence-corrected chi connectivity index (χ3v) is 4.26. The highest BCUT2D eigenvalue weighted by molar-refractivity contribution is 5.05. The minimum Gasteiger partial charge on any atom is -0.306 e. The molecule has 0 radical (unpaired) electrons. The molecule has 17 heavy (non-hydrogen) atoms. The quantitative estimate of drug-likeness (QED) is 0.704. The van der Waals surface area contributed by atoms with Crippen molar-refractivity contribution in [2.45, 2.75) is 45.1 Å². The lowest BCUT2D eigenvalue weighted by Crippen LogP contribution is -2.41. The van der Waals surface area contributed by atoms with Gasteiger partial charge in [-0.3, -0.25) is 0 Å². The predicted octanol–water partition coefficient (Wildman–Crippen LogP) is 2.25.